The summed E-state index contributed by atoms with van der Waals surface area (Å²) in [6, 6.07) is 13.4. The molecule has 3 rings (SSSR count). The number of ether oxygens (including phenoxy) is 2. The second kappa shape index (κ2) is 8.89. The molecule has 1 aromatic heterocycles. The number of anilines is 1. The van der Waals surface area contributed by atoms with Crippen molar-refractivity contribution < 1.29 is 27.1 Å². The fourth-order valence-corrected chi connectivity index (χ4v) is 3.78. The van der Waals surface area contributed by atoms with Gasteiger partial charge in [-0.05, 0) is 36.4 Å². The van der Waals surface area contributed by atoms with E-state index in [0.29, 0.717) is 5.75 Å². The average Bonchev–Trinajstić information content (AvgIpc) is 2.70. The SMILES string of the molecule is O=C(Oc1ccccc1)c1cncc(NS(=O)(=O)c2cc(Cl)ccc2OCF)c1. The summed E-state index contributed by atoms with van der Waals surface area (Å²) in [6.45, 7) is -1.22. The van der Waals surface area contributed by atoms with E-state index in [-0.39, 0.29) is 26.9 Å². The molecule has 150 valence electrons. The molecule has 0 aliphatic carbocycles. The average molecular weight is 437 g/mol. The molecular formula is C19H14ClFN2O5S. The van der Waals surface area contributed by atoms with E-state index in [0.717, 1.165) is 6.07 Å². The van der Waals surface area contributed by atoms with Gasteiger partial charge in [0.2, 0.25) is 6.86 Å². The van der Waals surface area contributed by atoms with Crippen molar-refractivity contribution in [3.63, 3.8) is 0 Å². The Morgan fingerprint density at radius 3 is 2.59 bits per heavy atom. The zero-order valence-corrected chi connectivity index (χ0v) is 16.3. The third kappa shape index (κ3) is 5.21. The lowest BCUT2D eigenvalue weighted by atomic mass is 10.2. The van der Waals surface area contributed by atoms with Crippen molar-refractivity contribution >= 4 is 33.3 Å². The van der Waals surface area contributed by atoms with E-state index in [1.807, 2.05) is 0 Å². The minimum Gasteiger partial charge on any atom is -0.461 e. The van der Waals surface area contributed by atoms with Crippen LogP contribution >= 0.6 is 11.6 Å². The highest BCUT2D eigenvalue weighted by Crippen LogP contribution is 2.29. The van der Waals surface area contributed by atoms with Gasteiger partial charge in [0.25, 0.3) is 10.0 Å². The van der Waals surface area contributed by atoms with Crippen molar-refractivity contribution in [3.05, 3.63) is 77.6 Å². The van der Waals surface area contributed by atoms with Gasteiger partial charge in [0.15, 0.2) is 0 Å². The Morgan fingerprint density at radius 1 is 1.10 bits per heavy atom. The smallest absolute Gasteiger partial charge is 0.345 e. The molecule has 0 fully saturated rings. The summed E-state index contributed by atoms with van der Waals surface area (Å²) in [6.07, 6.45) is 2.44. The summed E-state index contributed by atoms with van der Waals surface area (Å²) < 4.78 is 50.1. The van der Waals surface area contributed by atoms with E-state index in [1.54, 1.807) is 30.3 Å². The lowest BCUT2D eigenvalue weighted by molar-refractivity contribution is 0.0734. The van der Waals surface area contributed by atoms with Crippen molar-refractivity contribution in [2.75, 3.05) is 11.6 Å². The first kappa shape index (κ1) is 20.6. The topological polar surface area (TPSA) is 94.6 Å². The standard InChI is InChI=1S/C19H14ClFN2O5S/c20-14-6-7-17(27-12-21)18(9-14)29(25,26)23-15-8-13(10-22-11-15)19(24)28-16-4-2-1-3-5-16/h1-11,23H,12H2. The largest absolute Gasteiger partial charge is 0.461 e. The van der Waals surface area contributed by atoms with E-state index in [1.165, 1.54) is 30.6 Å². The summed E-state index contributed by atoms with van der Waals surface area (Å²) >= 11 is 5.85. The molecule has 2 aromatic carbocycles. The predicted molar refractivity (Wildman–Crippen MR) is 105 cm³/mol. The molecule has 0 aliphatic heterocycles. The first-order chi connectivity index (χ1) is 13.9. The number of hydrogen-bond donors (Lipinski definition) is 1. The van der Waals surface area contributed by atoms with Crippen molar-refractivity contribution in [1.82, 2.24) is 4.98 Å². The van der Waals surface area contributed by atoms with Crippen LogP contribution in [0.3, 0.4) is 0 Å². The summed E-state index contributed by atoms with van der Waals surface area (Å²) in [5, 5.41) is 0.120. The van der Waals surface area contributed by atoms with Crippen molar-refractivity contribution in [2.45, 2.75) is 4.90 Å². The molecule has 7 nitrogen and oxygen atoms in total. The van der Waals surface area contributed by atoms with E-state index in [2.05, 4.69) is 9.71 Å². The highest BCUT2D eigenvalue weighted by molar-refractivity contribution is 7.92. The minimum absolute atomic E-state index is 0.00122. The number of rotatable bonds is 7. The molecule has 0 saturated heterocycles. The molecule has 10 heteroatoms. The number of hydrogen-bond acceptors (Lipinski definition) is 6. The van der Waals surface area contributed by atoms with Gasteiger partial charge in [-0.25, -0.2) is 17.6 Å². The lowest BCUT2D eigenvalue weighted by Crippen LogP contribution is -2.16. The molecular weight excluding hydrogens is 423 g/mol. The monoisotopic (exact) mass is 436 g/mol. The zero-order chi connectivity index (χ0) is 20.9. The van der Waals surface area contributed by atoms with Crippen molar-refractivity contribution in [2.24, 2.45) is 0 Å². The minimum atomic E-state index is -4.21. The molecule has 0 atom stereocenters. The van der Waals surface area contributed by atoms with Crippen LogP contribution in [0.25, 0.3) is 0 Å². The second-order valence-corrected chi connectivity index (χ2v) is 7.70. The summed E-state index contributed by atoms with van der Waals surface area (Å²) in [5.41, 5.74) is 0.0269. The molecule has 0 amide bonds. The molecule has 3 aromatic rings. The number of benzene rings is 2. The fourth-order valence-electron chi connectivity index (χ4n) is 2.34. The van der Waals surface area contributed by atoms with Crippen LogP contribution < -0.4 is 14.2 Å². The third-order valence-electron chi connectivity index (χ3n) is 3.59. The number of sulfonamides is 1. The summed E-state index contributed by atoms with van der Waals surface area (Å²) in [5.74, 6) is -0.596. The number of nitrogens with one attached hydrogen (secondary N) is 1. The normalized spacial score (nSPS) is 11.0. The van der Waals surface area contributed by atoms with Crippen LogP contribution in [0.2, 0.25) is 5.02 Å². The quantitative estimate of drug-likeness (QED) is 0.443. The number of aromatic nitrogens is 1. The van der Waals surface area contributed by atoms with Gasteiger partial charge in [0, 0.05) is 11.2 Å². The first-order valence-corrected chi connectivity index (χ1v) is 9.98. The Labute approximate surface area is 171 Å². The number of carbonyl (C=O) groups is 1. The number of esters is 1. The number of halogens is 2. The molecule has 0 bridgehead atoms. The Hall–Kier alpha value is -3.17. The Balaban J connectivity index is 1.84. The van der Waals surface area contributed by atoms with Crippen LogP contribution in [-0.4, -0.2) is 26.2 Å². The molecule has 0 unspecified atom stereocenters. The molecule has 1 heterocycles. The van der Waals surface area contributed by atoms with Gasteiger partial charge in [0.1, 0.15) is 16.4 Å². The van der Waals surface area contributed by atoms with Crippen LogP contribution in [-0.2, 0) is 10.0 Å². The van der Waals surface area contributed by atoms with Crippen LogP contribution in [0.4, 0.5) is 10.1 Å². The van der Waals surface area contributed by atoms with E-state index in [4.69, 9.17) is 21.1 Å². The van der Waals surface area contributed by atoms with Crippen LogP contribution in [0.1, 0.15) is 10.4 Å². The van der Waals surface area contributed by atoms with Gasteiger partial charge >= 0.3 is 5.97 Å². The molecule has 0 radical (unpaired) electrons. The third-order valence-corrected chi connectivity index (χ3v) is 5.22. The second-order valence-electron chi connectivity index (χ2n) is 5.61. The lowest BCUT2D eigenvalue weighted by Gasteiger charge is -2.12. The Bertz CT molecular complexity index is 1130. The van der Waals surface area contributed by atoms with E-state index >= 15 is 0 Å². The van der Waals surface area contributed by atoms with E-state index in [9.17, 15) is 17.6 Å². The Morgan fingerprint density at radius 2 is 1.86 bits per heavy atom. The zero-order valence-electron chi connectivity index (χ0n) is 14.7. The molecule has 0 aliphatic rings. The summed E-state index contributed by atoms with van der Waals surface area (Å²) in [7, 11) is -4.21. The number of nitrogens with zero attached hydrogens (tertiary/aromatic N) is 1. The van der Waals surface area contributed by atoms with Gasteiger partial charge in [-0.2, -0.15) is 0 Å². The fraction of sp³-hybridized carbons (Fsp3) is 0.0526. The molecule has 1 N–H and O–H groups in total. The van der Waals surface area contributed by atoms with Crippen LogP contribution in [0, 0.1) is 0 Å². The molecule has 29 heavy (non-hydrogen) atoms. The Kier molecular flexibility index (Phi) is 6.30. The maximum Gasteiger partial charge on any atom is 0.345 e. The van der Waals surface area contributed by atoms with Gasteiger partial charge in [0.05, 0.1) is 17.4 Å². The van der Waals surface area contributed by atoms with Gasteiger partial charge in [-0.15, -0.1) is 0 Å². The number of para-hydroxylation sites is 1. The first-order valence-electron chi connectivity index (χ1n) is 8.12. The van der Waals surface area contributed by atoms with Crippen LogP contribution in [0.15, 0.2) is 71.9 Å². The predicted octanol–water partition coefficient (Wildman–Crippen LogP) is 4.06. The van der Waals surface area contributed by atoms with Crippen LogP contribution in [0.5, 0.6) is 11.5 Å². The molecule has 0 spiro atoms. The van der Waals surface area contributed by atoms with Gasteiger partial charge in [-0.3, -0.25) is 9.71 Å². The molecule has 0 saturated carbocycles. The van der Waals surface area contributed by atoms with Crippen molar-refractivity contribution in [3.8, 4) is 11.5 Å². The maximum atomic E-state index is 12.7. The van der Waals surface area contributed by atoms with Gasteiger partial charge < -0.3 is 9.47 Å². The number of pyridine rings is 1. The van der Waals surface area contributed by atoms with Gasteiger partial charge in [-0.1, -0.05) is 29.8 Å². The van der Waals surface area contributed by atoms with Crippen molar-refractivity contribution in [1.29, 1.82) is 0 Å². The highest BCUT2D eigenvalue weighted by Gasteiger charge is 2.21. The number of alkyl halides is 1. The highest BCUT2D eigenvalue weighted by atomic mass is 35.5. The maximum absolute atomic E-state index is 12.7. The summed E-state index contributed by atoms with van der Waals surface area (Å²) in [4.78, 5) is 15.8. The van der Waals surface area contributed by atoms with E-state index < -0.39 is 22.9 Å². The number of carbonyl (C=O) groups excluding carboxylic acids is 1.